The second-order valence-electron chi connectivity index (χ2n) is 4.32. The van der Waals surface area contributed by atoms with Crippen LogP contribution in [-0.4, -0.2) is 15.4 Å². The molecule has 2 aromatic rings. The predicted octanol–water partition coefficient (Wildman–Crippen LogP) is 3.28. The highest BCUT2D eigenvalue weighted by Gasteiger charge is 2.09. The molecule has 3 heteroatoms. The molecule has 2 aliphatic carbocycles. The van der Waals surface area contributed by atoms with Crippen molar-refractivity contribution in [2.24, 2.45) is 0 Å². The molecule has 1 aromatic heterocycles. The molecule has 4 rings (SSSR count). The van der Waals surface area contributed by atoms with E-state index in [1.807, 2.05) is 12.1 Å². The van der Waals surface area contributed by atoms with Crippen molar-refractivity contribution in [3.8, 4) is 11.1 Å². The van der Waals surface area contributed by atoms with Crippen molar-refractivity contribution in [2.45, 2.75) is 0 Å². The Labute approximate surface area is 103 Å². The zero-order valence-electron chi connectivity index (χ0n) is 9.54. The van der Waals surface area contributed by atoms with E-state index in [-0.39, 0.29) is 0 Å². The fraction of sp³-hybridized carbons (Fsp3) is 0. The van der Waals surface area contributed by atoms with Crippen LogP contribution in [0.15, 0.2) is 54.7 Å². The first kappa shape index (κ1) is 9.48. The summed E-state index contributed by atoms with van der Waals surface area (Å²) in [4.78, 5) is 0. The normalized spacial score (nSPS) is 11.3. The van der Waals surface area contributed by atoms with Crippen molar-refractivity contribution in [1.29, 1.82) is 0 Å². The lowest BCUT2D eigenvalue weighted by Crippen LogP contribution is -1.86. The SMILES string of the molecule is c1cc2cc3ccccc3c3nnncc3c-2c1. The van der Waals surface area contributed by atoms with Gasteiger partial charge in [0.05, 0.1) is 6.20 Å². The number of hydrogen-bond acceptors (Lipinski definition) is 3. The van der Waals surface area contributed by atoms with E-state index in [4.69, 9.17) is 0 Å². The maximum Gasteiger partial charge on any atom is 0.105 e. The molecule has 0 saturated heterocycles. The Bertz CT molecular complexity index is 839. The van der Waals surface area contributed by atoms with Crippen LogP contribution in [0, 0.1) is 0 Å². The van der Waals surface area contributed by atoms with Gasteiger partial charge in [-0.25, -0.2) is 0 Å². The first-order chi connectivity index (χ1) is 8.93. The van der Waals surface area contributed by atoms with Crippen molar-refractivity contribution in [2.75, 3.05) is 0 Å². The largest absolute Gasteiger partial charge is 0.138 e. The van der Waals surface area contributed by atoms with Crippen LogP contribution in [0.3, 0.4) is 0 Å². The average Bonchev–Trinajstić information content (AvgIpc) is 2.83. The highest BCUT2D eigenvalue weighted by molar-refractivity contribution is 6.10. The van der Waals surface area contributed by atoms with E-state index in [0.717, 1.165) is 16.3 Å². The lowest BCUT2D eigenvalue weighted by molar-refractivity contribution is 0.898. The molecule has 0 bridgehead atoms. The molecule has 84 valence electrons. The molecule has 0 N–H and O–H groups in total. The summed E-state index contributed by atoms with van der Waals surface area (Å²) >= 11 is 0. The molecule has 2 aliphatic rings. The molecule has 0 unspecified atom stereocenters. The van der Waals surface area contributed by atoms with Gasteiger partial charge in [-0.15, -0.1) is 10.2 Å². The zero-order chi connectivity index (χ0) is 11.9. The third-order valence-corrected chi connectivity index (χ3v) is 3.31. The third kappa shape index (κ3) is 1.21. The van der Waals surface area contributed by atoms with Gasteiger partial charge in [-0.2, -0.15) is 0 Å². The van der Waals surface area contributed by atoms with Crippen LogP contribution in [0.25, 0.3) is 32.8 Å². The van der Waals surface area contributed by atoms with Crippen molar-refractivity contribution in [3.05, 3.63) is 54.7 Å². The number of fused-ring (bicyclic) bond motifs is 5. The minimum atomic E-state index is 0.904. The monoisotopic (exact) mass is 231 g/mol. The molecule has 0 atom stereocenters. The van der Waals surface area contributed by atoms with E-state index in [1.54, 1.807) is 6.20 Å². The van der Waals surface area contributed by atoms with E-state index in [9.17, 15) is 0 Å². The Balaban J connectivity index is 2.40. The van der Waals surface area contributed by atoms with Gasteiger partial charge in [0.25, 0.3) is 0 Å². The van der Waals surface area contributed by atoms with E-state index < -0.39 is 0 Å². The molecule has 0 fully saturated rings. The quantitative estimate of drug-likeness (QED) is 0.466. The summed E-state index contributed by atoms with van der Waals surface area (Å²) in [5.74, 6) is 0. The Morgan fingerprint density at radius 2 is 1.78 bits per heavy atom. The van der Waals surface area contributed by atoms with Gasteiger partial charge >= 0.3 is 0 Å². The van der Waals surface area contributed by atoms with Crippen molar-refractivity contribution >= 4 is 21.7 Å². The van der Waals surface area contributed by atoms with Gasteiger partial charge in [0.15, 0.2) is 0 Å². The van der Waals surface area contributed by atoms with Crippen molar-refractivity contribution in [1.82, 2.24) is 15.4 Å². The summed E-state index contributed by atoms with van der Waals surface area (Å²) in [6.07, 6.45) is 1.79. The lowest BCUT2D eigenvalue weighted by Gasteiger charge is -1.96. The number of aromatic nitrogens is 3. The molecule has 3 nitrogen and oxygen atoms in total. The standard InChI is InChI=1S/C15H9N3/c1-2-6-13-11(4-1)8-10-5-3-7-12(10)14-9-16-18-17-15(13)14/h1-9H. The van der Waals surface area contributed by atoms with Crippen LogP contribution < -0.4 is 0 Å². The summed E-state index contributed by atoms with van der Waals surface area (Å²) in [5, 5.41) is 15.2. The molecule has 18 heavy (non-hydrogen) atoms. The van der Waals surface area contributed by atoms with E-state index in [0.29, 0.717) is 0 Å². The first-order valence-electron chi connectivity index (χ1n) is 5.82. The van der Waals surface area contributed by atoms with Crippen molar-refractivity contribution in [3.63, 3.8) is 0 Å². The van der Waals surface area contributed by atoms with Crippen molar-refractivity contribution < 1.29 is 0 Å². The number of benzene rings is 1. The summed E-state index contributed by atoms with van der Waals surface area (Å²) in [7, 11) is 0. The van der Waals surface area contributed by atoms with E-state index in [2.05, 4.69) is 51.8 Å². The van der Waals surface area contributed by atoms with Crippen LogP contribution in [0.5, 0.6) is 0 Å². The molecular weight excluding hydrogens is 222 g/mol. The first-order valence-corrected chi connectivity index (χ1v) is 5.82. The van der Waals surface area contributed by atoms with Crippen LogP contribution in [0.1, 0.15) is 0 Å². The molecule has 1 aromatic carbocycles. The second kappa shape index (κ2) is 3.47. The maximum absolute atomic E-state index is 4.22. The minimum absolute atomic E-state index is 0.904. The summed E-state index contributed by atoms with van der Waals surface area (Å²) < 4.78 is 0. The maximum atomic E-state index is 4.22. The summed E-state index contributed by atoms with van der Waals surface area (Å²) in [6, 6.07) is 16.7. The molecule has 0 saturated carbocycles. The van der Waals surface area contributed by atoms with Crippen LogP contribution >= 0.6 is 0 Å². The Hall–Kier alpha value is -2.55. The fourth-order valence-electron chi connectivity index (χ4n) is 2.48. The zero-order valence-corrected chi connectivity index (χ0v) is 9.54. The molecule has 0 amide bonds. The van der Waals surface area contributed by atoms with Crippen LogP contribution in [0.2, 0.25) is 0 Å². The molecule has 0 spiro atoms. The Kier molecular flexibility index (Phi) is 1.83. The van der Waals surface area contributed by atoms with Crippen LogP contribution in [-0.2, 0) is 0 Å². The highest BCUT2D eigenvalue weighted by atomic mass is 15.3. The lowest BCUT2D eigenvalue weighted by atomic mass is 10.1. The van der Waals surface area contributed by atoms with Gasteiger partial charge in [-0.3, -0.25) is 0 Å². The average molecular weight is 231 g/mol. The minimum Gasteiger partial charge on any atom is -0.138 e. The second-order valence-corrected chi connectivity index (χ2v) is 4.32. The van der Waals surface area contributed by atoms with Gasteiger partial charge < -0.3 is 0 Å². The highest BCUT2D eigenvalue weighted by Crippen LogP contribution is 2.33. The van der Waals surface area contributed by atoms with Gasteiger partial charge in [0.2, 0.25) is 0 Å². The summed E-state index contributed by atoms with van der Waals surface area (Å²) in [6.45, 7) is 0. The topological polar surface area (TPSA) is 38.7 Å². The summed E-state index contributed by atoms with van der Waals surface area (Å²) in [5.41, 5.74) is 3.28. The molecule has 0 aliphatic heterocycles. The predicted molar refractivity (Wildman–Crippen MR) is 71.5 cm³/mol. The molecule has 0 radical (unpaired) electrons. The van der Waals surface area contributed by atoms with Gasteiger partial charge in [-0.1, -0.05) is 42.5 Å². The molecular formula is C15H9N3. The molecule has 1 heterocycles. The van der Waals surface area contributed by atoms with Gasteiger partial charge in [0, 0.05) is 10.8 Å². The number of hydrogen-bond donors (Lipinski definition) is 0. The number of rotatable bonds is 0. The van der Waals surface area contributed by atoms with Gasteiger partial charge in [0.1, 0.15) is 5.52 Å². The smallest absolute Gasteiger partial charge is 0.105 e. The Morgan fingerprint density at radius 3 is 2.78 bits per heavy atom. The van der Waals surface area contributed by atoms with E-state index >= 15 is 0 Å². The Morgan fingerprint density at radius 1 is 0.833 bits per heavy atom. The van der Waals surface area contributed by atoms with E-state index in [1.165, 1.54) is 16.5 Å². The van der Waals surface area contributed by atoms with Crippen LogP contribution in [0.4, 0.5) is 0 Å². The van der Waals surface area contributed by atoms with Gasteiger partial charge in [-0.05, 0) is 27.8 Å². The fourth-order valence-corrected chi connectivity index (χ4v) is 2.48. The number of nitrogens with zero attached hydrogens (tertiary/aromatic N) is 3. The third-order valence-electron chi connectivity index (χ3n) is 3.31.